The van der Waals surface area contributed by atoms with E-state index in [4.69, 9.17) is 11.5 Å². The van der Waals surface area contributed by atoms with Gasteiger partial charge in [-0.25, -0.2) is 0 Å². The Morgan fingerprint density at radius 2 is 1.00 bits per heavy atom. The second kappa shape index (κ2) is 55.8. The monoisotopic (exact) mass is 204 g/mol. The number of nitrogens with one attached hydrogen (secondary N) is 2. The van der Waals surface area contributed by atoms with Gasteiger partial charge in [-0.3, -0.25) is 0 Å². The van der Waals surface area contributed by atoms with Gasteiger partial charge in [-0.15, -0.1) is 26.3 Å². The molecule has 0 heterocycles. The smallest absolute Gasteiger partial charge is 0.00736 e. The molecule has 0 saturated heterocycles. The zero-order valence-corrected chi connectivity index (χ0v) is 9.81. The molecule has 0 saturated carbocycles. The lowest BCUT2D eigenvalue weighted by molar-refractivity contribution is 0.718. The molecule has 0 fully saturated rings. The average molecular weight is 204 g/mol. The van der Waals surface area contributed by atoms with Gasteiger partial charge in [0.15, 0.2) is 0 Å². The number of hydrogen-bond acceptors (Lipinski definition) is 4. The molecule has 0 bridgehead atoms. The minimum atomic E-state index is 0.597. The lowest BCUT2D eigenvalue weighted by atomic mass is 10.6. The van der Waals surface area contributed by atoms with E-state index in [1.54, 1.807) is 0 Å². The van der Waals surface area contributed by atoms with E-state index in [1.807, 2.05) is 14.1 Å². The van der Waals surface area contributed by atoms with Gasteiger partial charge >= 0.3 is 0 Å². The van der Waals surface area contributed by atoms with Gasteiger partial charge in [0.25, 0.3) is 0 Å². The van der Waals surface area contributed by atoms with E-state index in [0.717, 1.165) is 13.1 Å². The molecule has 0 atom stereocenters. The molecule has 0 aliphatic rings. The van der Waals surface area contributed by atoms with Gasteiger partial charge in [0.05, 0.1) is 0 Å². The Kier molecular flexibility index (Phi) is 92.7. The van der Waals surface area contributed by atoms with E-state index in [-0.39, 0.29) is 0 Å². The van der Waals surface area contributed by atoms with Gasteiger partial charge in [0, 0.05) is 26.2 Å². The standard InChI is InChI=1S/C4H12N2.C2H8N2.2C2H4/c1-5-3-4-6-2;3-1-2-4;2*1-2/h5-6H,3-4H2,1-2H3;1-4H2;2*1-2H2. The van der Waals surface area contributed by atoms with Crippen molar-refractivity contribution in [3.05, 3.63) is 26.3 Å². The maximum absolute atomic E-state index is 4.90. The molecule has 6 N–H and O–H groups in total. The summed E-state index contributed by atoms with van der Waals surface area (Å²) >= 11 is 0. The third-order valence-electron chi connectivity index (χ3n) is 0.792. The zero-order chi connectivity index (χ0) is 12.2. The summed E-state index contributed by atoms with van der Waals surface area (Å²) in [5.74, 6) is 0. The summed E-state index contributed by atoms with van der Waals surface area (Å²) < 4.78 is 0. The normalized spacial score (nSPS) is 6.57. The largest absolute Gasteiger partial charge is 0.329 e. The van der Waals surface area contributed by atoms with Crippen LogP contribution in [0.2, 0.25) is 0 Å². The summed E-state index contributed by atoms with van der Waals surface area (Å²) in [4.78, 5) is 0. The molecule has 0 rings (SSSR count). The van der Waals surface area contributed by atoms with Crippen LogP contribution >= 0.6 is 0 Å². The summed E-state index contributed by atoms with van der Waals surface area (Å²) in [6.45, 7) is 15.3. The van der Waals surface area contributed by atoms with Crippen LogP contribution < -0.4 is 22.1 Å². The second-order valence-corrected chi connectivity index (χ2v) is 1.78. The van der Waals surface area contributed by atoms with Crippen molar-refractivity contribution in [3.63, 3.8) is 0 Å². The first-order valence-electron chi connectivity index (χ1n) is 4.52. The van der Waals surface area contributed by atoms with Gasteiger partial charge in [0.1, 0.15) is 0 Å². The van der Waals surface area contributed by atoms with E-state index in [9.17, 15) is 0 Å². The average Bonchev–Trinajstić information content (AvgIpc) is 2.32. The van der Waals surface area contributed by atoms with Crippen molar-refractivity contribution < 1.29 is 0 Å². The molecule has 0 spiro atoms. The molecule has 4 nitrogen and oxygen atoms in total. The van der Waals surface area contributed by atoms with Crippen LogP contribution in [-0.2, 0) is 0 Å². The van der Waals surface area contributed by atoms with E-state index in [2.05, 4.69) is 36.9 Å². The summed E-state index contributed by atoms with van der Waals surface area (Å²) in [6.07, 6.45) is 0. The van der Waals surface area contributed by atoms with Crippen LogP contribution in [0.4, 0.5) is 0 Å². The van der Waals surface area contributed by atoms with E-state index in [1.165, 1.54) is 0 Å². The highest BCUT2D eigenvalue weighted by atomic mass is 14.9. The highest BCUT2D eigenvalue weighted by Gasteiger charge is 1.71. The van der Waals surface area contributed by atoms with Gasteiger partial charge < -0.3 is 22.1 Å². The molecule has 4 heteroatoms. The first kappa shape index (κ1) is 23.3. The van der Waals surface area contributed by atoms with Crippen LogP contribution in [0.5, 0.6) is 0 Å². The van der Waals surface area contributed by atoms with Crippen LogP contribution in [0.3, 0.4) is 0 Å². The predicted octanol–water partition coefficient (Wildman–Crippen LogP) is -0.0666. The van der Waals surface area contributed by atoms with Crippen LogP contribution in [0.25, 0.3) is 0 Å². The predicted molar refractivity (Wildman–Crippen MR) is 68.5 cm³/mol. The summed E-state index contributed by atoms with van der Waals surface area (Å²) in [7, 11) is 3.88. The minimum Gasteiger partial charge on any atom is -0.329 e. The van der Waals surface area contributed by atoms with Crippen molar-refractivity contribution in [2.45, 2.75) is 0 Å². The number of rotatable bonds is 4. The fourth-order valence-electron chi connectivity index (χ4n) is 0.250. The molecule has 88 valence electrons. The Hall–Kier alpha value is -0.680. The maximum atomic E-state index is 4.90. The Morgan fingerprint density at radius 3 is 1.07 bits per heavy atom. The van der Waals surface area contributed by atoms with Crippen LogP contribution in [-0.4, -0.2) is 40.3 Å². The third kappa shape index (κ3) is 109. The molecule has 0 aliphatic heterocycles. The van der Waals surface area contributed by atoms with E-state index < -0.39 is 0 Å². The van der Waals surface area contributed by atoms with Crippen molar-refractivity contribution >= 4 is 0 Å². The van der Waals surface area contributed by atoms with Crippen molar-refractivity contribution in [3.8, 4) is 0 Å². The number of hydrogen-bond donors (Lipinski definition) is 4. The molecule has 0 radical (unpaired) electrons. The van der Waals surface area contributed by atoms with Gasteiger partial charge in [-0.1, -0.05) is 0 Å². The Morgan fingerprint density at radius 1 is 0.786 bits per heavy atom. The summed E-state index contributed by atoms with van der Waals surface area (Å²) in [5.41, 5.74) is 9.81. The second-order valence-electron chi connectivity index (χ2n) is 1.78. The van der Waals surface area contributed by atoms with E-state index >= 15 is 0 Å². The molecule has 0 aromatic carbocycles. The number of nitrogens with two attached hydrogens (primary N) is 2. The first-order chi connectivity index (χ1) is 6.83. The summed E-state index contributed by atoms with van der Waals surface area (Å²) in [5, 5.41) is 6.01. The quantitative estimate of drug-likeness (QED) is 0.382. The molecule has 0 amide bonds. The van der Waals surface area contributed by atoms with Crippen molar-refractivity contribution in [2.75, 3.05) is 40.3 Å². The minimum absolute atomic E-state index is 0.597. The highest BCUT2D eigenvalue weighted by Crippen LogP contribution is 1.45. The molecule has 0 aliphatic carbocycles. The first-order valence-corrected chi connectivity index (χ1v) is 4.52. The van der Waals surface area contributed by atoms with Crippen molar-refractivity contribution in [1.29, 1.82) is 0 Å². The van der Waals surface area contributed by atoms with Crippen molar-refractivity contribution in [2.24, 2.45) is 11.5 Å². The zero-order valence-electron chi connectivity index (χ0n) is 9.81. The van der Waals surface area contributed by atoms with Crippen LogP contribution in [0.1, 0.15) is 0 Å². The highest BCUT2D eigenvalue weighted by molar-refractivity contribution is 4.38. The number of likely N-dealkylation sites (N-methyl/N-ethyl adjacent to an activating group) is 2. The molecular formula is C10H28N4. The summed E-state index contributed by atoms with van der Waals surface area (Å²) in [6, 6.07) is 0. The van der Waals surface area contributed by atoms with Gasteiger partial charge in [-0.05, 0) is 14.1 Å². The van der Waals surface area contributed by atoms with Crippen molar-refractivity contribution in [1.82, 2.24) is 10.6 Å². The Bertz CT molecular complexity index is 52.1. The molecule has 0 aromatic heterocycles. The van der Waals surface area contributed by atoms with E-state index in [0.29, 0.717) is 13.1 Å². The lowest BCUT2D eigenvalue weighted by Gasteiger charge is -1.92. The third-order valence-corrected chi connectivity index (χ3v) is 0.792. The Balaban J connectivity index is -0.0000000546. The molecular weight excluding hydrogens is 176 g/mol. The molecule has 0 aromatic rings. The van der Waals surface area contributed by atoms with Crippen LogP contribution in [0.15, 0.2) is 26.3 Å². The molecule has 0 unspecified atom stereocenters. The topological polar surface area (TPSA) is 76.1 Å². The van der Waals surface area contributed by atoms with Gasteiger partial charge in [-0.2, -0.15) is 0 Å². The fraction of sp³-hybridized carbons (Fsp3) is 0.600. The Labute approximate surface area is 89.4 Å². The van der Waals surface area contributed by atoms with Crippen LogP contribution in [0, 0.1) is 0 Å². The molecule has 14 heavy (non-hydrogen) atoms. The fourth-order valence-corrected chi connectivity index (χ4v) is 0.250. The lowest BCUT2D eigenvalue weighted by Crippen LogP contribution is -2.21. The SMILES string of the molecule is C=C.C=C.CNCCNC.NCCN. The maximum Gasteiger partial charge on any atom is 0.00736 e. The van der Waals surface area contributed by atoms with Gasteiger partial charge in [0.2, 0.25) is 0 Å².